The monoisotopic (exact) mass is 519 g/mol. The van der Waals surface area contributed by atoms with Gasteiger partial charge in [0, 0.05) is 5.69 Å². The van der Waals surface area contributed by atoms with Gasteiger partial charge in [0.1, 0.15) is 5.75 Å². The van der Waals surface area contributed by atoms with Crippen LogP contribution in [-0.2, 0) is 12.6 Å². The molecule has 0 heterocycles. The minimum Gasteiger partial charge on any atom is -0.493 e. The SMILES string of the molecule is CCCCCCCCCCCCCCCc1cccc(OCC)c1C(=O)Nc1cccc(C(F)(F)F)c1. The third-order valence-corrected chi connectivity index (χ3v) is 6.64. The van der Waals surface area contributed by atoms with Crippen molar-refractivity contribution in [1.82, 2.24) is 0 Å². The van der Waals surface area contributed by atoms with Crippen LogP contribution in [0.5, 0.6) is 5.75 Å². The normalized spacial score (nSPS) is 11.5. The molecule has 0 aliphatic carbocycles. The van der Waals surface area contributed by atoms with Gasteiger partial charge in [0.15, 0.2) is 0 Å². The third kappa shape index (κ3) is 11.6. The Balaban J connectivity index is 1.84. The average molecular weight is 520 g/mol. The Bertz CT molecular complexity index is 927. The van der Waals surface area contributed by atoms with Crippen LogP contribution in [0.2, 0.25) is 0 Å². The standard InChI is InChI=1S/C31H44F3NO2/c1-3-5-6-7-8-9-10-11-12-13-14-15-16-19-25-20-17-23-28(37-4-2)29(25)30(36)35-27-22-18-21-26(24-27)31(32,33)34/h17-18,20-24H,3-16,19H2,1-2H3,(H,35,36). The topological polar surface area (TPSA) is 38.3 Å². The van der Waals surface area contributed by atoms with E-state index < -0.39 is 17.6 Å². The van der Waals surface area contributed by atoms with Gasteiger partial charge >= 0.3 is 6.18 Å². The van der Waals surface area contributed by atoms with Crippen molar-refractivity contribution in [2.24, 2.45) is 0 Å². The number of hydrogen-bond acceptors (Lipinski definition) is 2. The van der Waals surface area contributed by atoms with Gasteiger partial charge in [-0.15, -0.1) is 0 Å². The molecule has 0 unspecified atom stereocenters. The number of unbranched alkanes of at least 4 members (excludes halogenated alkanes) is 12. The first-order valence-corrected chi connectivity index (χ1v) is 14.1. The highest BCUT2D eigenvalue weighted by Crippen LogP contribution is 2.31. The number of hydrogen-bond donors (Lipinski definition) is 1. The second-order valence-electron chi connectivity index (χ2n) is 9.75. The van der Waals surface area contributed by atoms with E-state index in [4.69, 9.17) is 4.74 Å². The van der Waals surface area contributed by atoms with Crippen LogP contribution in [-0.4, -0.2) is 12.5 Å². The second-order valence-corrected chi connectivity index (χ2v) is 9.75. The number of alkyl halides is 3. The summed E-state index contributed by atoms with van der Waals surface area (Å²) < 4.78 is 44.9. The molecule has 2 aromatic carbocycles. The molecule has 0 saturated heterocycles. The molecule has 0 aliphatic heterocycles. The summed E-state index contributed by atoms with van der Waals surface area (Å²) in [7, 11) is 0. The van der Waals surface area contributed by atoms with Crippen molar-refractivity contribution in [3.05, 3.63) is 59.2 Å². The maximum absolute atomic E-state index is 13.2. The summed E-state index contributed by atoms with van der Waals surface area (Å²) in [6.07, 6.45) is 12.8. The first-order chi connectivity index (χ1) is 17.9. The van der Waals surface area contributed by atoms with E-state index in [0.29, 0.717) is 17.9 Å². The lowest BCUT2D eigenvalue weighted by Crippen LogP contribution is -2.17. The molecular formula is C31H44F3NO2. The molecular weight excluding hydrogens is 475 g/mol. The number of ether oxygens (including phenoxy) is 1. The highest BCUT2D eigenvalue weighted by Gasteiger charge is 2.30. The van der Waals surface area contributed by atoms with E-state index in [1.165, 1.54) is 82.8 Å². The highest BCUT2D eigenvalue weighted by atomic mass is 19.4. The van der Waals surface area contributed by atoms with Gasteiger partial charge in [-0.1, -0.05) is 102 Å². The molecule has 1 N–H and O–H groups in total. The van der Waals surface area contributed by atoms with Crippen LogP contribution in [0.15, 0.2) is 42.5 Å². The Kier molecular flexibility index (Phi) is 14.2. The van der Waals surface area contributed by atoms with Gasteiger partial charge in [-0.2, -0.15) is 13.2 Å². The number of carbonyl (C=O) groups is 1. The first-order valence-electron chi connectivity index (χ1n) is 14.1. The Labute approximate surface area is 221 Å². The predicted molar refractivity (Wildman–Crippen MR) is 146 cm³/mol. The predicted octanol–water partition coefficient (Wildman–Crippen LogP) is 9.99. The Morgan fingerprint density at radius 3 is 1.92 bits per heavy atom. The Morgan fingerprint density at radius 1 is 0.784 bits per heavy atom. The van der Waals surface area contributed by atoms with Crippen molar-refractivity contribution in [1.29, 1.82) is 0 Å². The lowest BCUT2D eigenvalue weighted by molar-refractivity contribution is -0.137. The van der Waals surface area contributed by atoms with Crippen molar-refractivity contribution in [2.45, 2.75) is 110 Å². The van der Waals surface area contributed by atoms with Crippen LogP contribution in [0, 0.1) is 0 Å². The smallest absolute Gasteiger partial charge is 0.416 e. The fourth-order valence-electron chi connectivity index (χ4n) is 4.62. The van der Waals surface area contributed by atoms with Gasteiger partial charge in [0.2, 0.25) is 0 Å². The summed E-state index contributed by atoms with van der Waals surface area (Å²) in [6.45, 7) is 4.48. The Hall–Kier alpha value is -2.50. The molecule has 0 radical (unpaired) electrons. The van der Waals surface area contributed by atoms with Crippen LogP contribution in [0.4, 0.5) is 18.9 Å². The Morgan fingerprint density at radius 2 is 1.35 bits per heavy atom. The number of anilines is 1. The molecule has 0 aliphatic rings. The molecule has 0 bridgehead atoms. The zero-order chi connectivity index (χ0) is 26.9. The fourth-order valence-corrected chi connectivity index (χ4v) is 4.62. The highest BCUT2D eigenvalue weighted by molar-refractivity contribution is 6.07. The minimum atomic E-state index is -4.47. The summed E-state index contributed by atoms with van der Waals surface area (Å²) in [5, 5.41) is 2.64. The summed E-state index contributed by atoms with van der Waals surface area (Å²) in [6, 6.07) is 10.2. The molecule has 0 spiro atoms. The van der Waals surface area contributed by atoms with Crippen LogP contribution in [0.3, 0.4) is 0 Å². The largest absolute Gasteiger partial charge is 0.493 e. The number of nitrogens with one attached hydrogen (secondary N) is 1. The van der Waals surface area contributed by atoms with Gasteiger partial charge in [-0.3, -0.25) is 4.79 Å². The van der Waals surface area contributed by atoms with Crippen LogP contribution in [0.1, 0.15) is 119 Å². The van der Waals surface area contributed by atoms with E-state index in [9.17, 15) is 18.0 Å². The fraction of sp³-hybridized carbons (Fsp3) is 0.581. The van der Waals surface area contributed by atoms with Crippen molar-refractivity contribution in [3.63, 3.8) is 0 Å². The zero-order valence-corrected chi connectivity index (χ0v) is 22.6. The molecule has 2 aromatic rings. The van der Waals surface area contributed by atoms with Gasteiger partial charge in [-0.25, -0.2) is 0 Å². The van der Waals surface area contributed by atoms with E-state index in [0.717, 1.165) is 37.0 Å². The second kappa shape index (κ2) is 17.1. The molecule has 1 amide bonds. The van der Waals surface area contributed by atoms with Gasteiger partial charge < -0.3 is 10.1 Å². The van der Waals surface area contributed by atoms with Crippen molar-refractivity contribution in [3.8, 4) is 5.75 Å². The quantitative estimate of drug-likeness (QED) is 0.199. The van der Waals surface area contributed by atoms with E-state index in [-0.39, 0.29) is 5.69 Å². The molecule has 206 valence electrons. The molecule has 3 nitrogen and oxygen atoms in total. The molecule has 0 saturated carbocycles. The van der Waals surface area contributed by atoms with Gasteiger partial charge in [-0.05, 0) is 49.6 Å². The van der Waals surface area contributed by atoms with Crippen LogP contribution < -0.4 is 10.1 Å². The maximum atomic E-state index is 13.2. The van der Waals surface area contributed by atoms with Crippen LogP contribution >= 0.6 is 0 Å². The number of benzene rings is 2. The summed E-state index contributed by atoms with van der Waals surface area (Å²) in [4.78, 5) is 13.2. The van der Waals surface area contributed by atoms with Crippen molar-refractivity contribution < 1.29 is 22.7 Å². The van der Waals surface area contributed by atoms with E-state index >= 15 is 0 Å². The number of aryl methyl sites for hydroxylation is 1. The molecule has 0 fully saturated rings. The van der Waals surface area contributed by atoms with Crippen LogP contribution in [0.25, 0.3) is 0 Å². The molecule has 2 rings (SSSR count). The van der Waals surface area contributed by atoms with E-state index in [2.05, 4.69) is 12.2 Å². The third-order valence-electron chi connectivity index (χ3n) is 6.64. The first kappa shape index (κ1) is 30.7. The van der Waals surface area contributed by atoms with Crippen molar-refractivity contribution in [2.75, 3.05) is 11.9 Å². The number of rotatable bonds is 18. The lowest BCUT2D eigenvalue weighted by Gasteiger charge is -2.16. The van der Waals surface area contributed by atoms with Gasteiger partial charge in [0.05, 0.1) is 17.7 Å². The lowest BCUT2D eigenvalue weighted by atomic mass is 9.98. The molecule has 6 heteroatoms. The van der Waals surface area contributed by atoms with Gasteiger partial charge in [0.25, 0.3) is 5.91 Å². The minimum absolute atomic E-state index is 0.109. The number of amides is 1. The molecule has 37 heavy (non-hydrogen) atoms. The molecule has 0 aromatic heterocycles. The number of carbonyl (C=O) groups excluding carboxylic acids is 1. The molecule has 0 atom stereocenters. The van der Waals surface area contributed by atoms with E-state index in [1.807, 2.05) is 19.1 Å². The van der Waals surface area contributed by atoms with E-state index in [1.54, 1.807) is 6.07 Å². The zero-order valence-electron chi connectivity index (χ0n) is 22.6. The summed E-state index contributed by atoms with van der Waals surface area (Å²) >= 11 is 0. The summed E-state index contributed by atoms with van der Waals surface area (Å²) in [5.41, 5.74) is 0.577. The summed E-state index contributed by atoms with van der Waals surface area (Å²) in [5.74, 6) is 0.00670. The van der Waals surface area contributed by atoms with Crippen molar-refractivity contribution >= 4 is 11.6 Å². The average Bonchev–Trinajstić information content (AvgIpc) is 2.86. The maximum Gasteiger partial charge on any atom is 0.416 e. The number of halogens is 3.